The molecule has 1 atom stereocenters. The number of halogens is 1. The van der Waals surface area contributed by atoms with Crippen molar-refractivity contribution < 1.29 is 4.39 Å². The average Bonchev–Trinajstić information content (AvgIpc) is 2.36. The van der Waals surface area contributed by atoms with Crippen LogP contribution < -0.4 is 5.32 Å². The second kappa shape index (κ2) is 8.28. The predicted octanol–water partition coefficient (Wildman–Crippen LogP) is 3.42. The smallest absolute Gasteiger partial charge is 0.123 e. The Kier molecular flexibility index (Phi) is 7.03. The molecule has 1 aromatic carbocycles. The lowest BCUT2D eigenvalue weighted by Gasteiger charge is -2.25. The molecule has 19 heavy (non-hydrogen) atoms. The van der Waals surface area contributed by atoms with Crippen molar-refractivity contribution in [3.05, 3.63) is 35.6 Å². The predicted molar refractivity (Wildman–Crippen MR) is 79.7 cm³/mol. The van der Waals surface area contributed by atoms with Gasteiger partial charge in [-0.05, 0) is 51.1 Å². The summed E-state index contributed by atoms with van der Waals surface area (Å²) in [6.07, 6.45) is 2.37. The van der Waals surface area contributed by atoms with Crippen molar-refractivity contribution in [3.63, 3.8) is 0 Å². The van der Waals surface area contributed by atoms with Crippen LogP contribution in [-0.4, -0.2) is 30.6 Å². The molecular weight excluding hydrogens is 239 g/mol. The Hall–Kier alpha value is -0.930. The maximum absolute atomic E-state index is 12.8. The van der Waals surface area contributed by atoms with E-state index in [0.717, 1.165) is 18.7 Å². The monoisotopic (exact) mass is 266 g/mol. The molecule has 1 aromatic rings. The first-order chi connectivity index (χ1) is 8.99. The van der Waals surface area contributed by atoms with Crippen molar-refractivity contribution in [1.82, 2.24) is 10.2 Å². The lowest BCUT2D eigenvalue weighted by Crippen LogP contribution is -2.30. The molecule has 0 radical (unpaired) electrons. The van der Waals surface area contributed by atoms with E-state index < -0.39 is 0 Å². The molecule has 0 bridgehead atoms. The molecule has 0 amide bonds. The van der Waals surface area contributed by atoms with Crippen molar-refractivity contribution in [2.75, 3.05) is 13.6 Å². The van der Waals surface area contributed by atoms with Crippen molar-refractivity contribution in [3.8, 4) is 0 Å². The molecule has 1 N–H and O–H groups in total. The second-order valence-electron chi connectivity index (χ2n) is 5.64. The normalized spacial score (nSPS) is 13.2. The highest BCUT2D eigenvalue weighted by molar-refractivity contribution is 5.15. The fraction of sp³-hybridized carbons (Fsp3) is 0.625. The number of nitrogens with one attached hydrogen (secondary N) is 1. The lowest BCUT2D eigenvalue weighted by atomic mass is 10.1. The van der Waals surface area contributed by atoms with E-state index in [2.05, 4.69) is 38.0 Å². The Morgan fingerprint density at radius 1 is 1.16 bits per heavy atom. The van der Waals surface area contributed by atoms with E-state index in [0.29, 0.717) is 12.1 Å². The standard InChI is InChI=1S/C16H27FN2/c1-13(2)18-11-5-6-14(3)19(4)12-15-7-9-16(17)10-8-15/h7-10,13-14,18H,5-6,11-12H2,1-4H3. The van der Waals surface area contributed by atoms with Crippen molar-refractivity contribution >= 4 is 0 Å². The molecule has 0 saturated carbocycles. The summed E-state index contributed by atoms with van der Waals surface area (Å²) in [4.78, 5) is 2.32. The Labute approximate surface area is 117 Å². The van der Waals surface area contributed by atoms with Crippen LogP contribution in [0.3, 0.4) is 0 Å². The van der Waals surface area contributed by atoms with Crippen LogP contribution in [0.5, 0.6) is 0 Å². The van der Waals surface area contributed by atoms with Crippen LogP contribution >= 0.6 is 0 Å². The molecule has 0 spiro atoms. The summed E-state index contributed by atoms with van der Waals surface area (Å²) in [6.45, 7) is 8.54. The van der Waals surface area contributed by atoms with Gasteiger partial charge in [0.25, 0.3) is 0 Å². The molecule has 0 heterocycles. The SMILES string of the molecule is CC(C)NCCCC(C)N(C)Cc1ccc(F)cc1. The van der Waals surface area contributed by atoms with E-state index in [1.165, 1.54) is 25.0 Å². The summed E-state index contributed by atoms with van der Waals surface area (Å²) in [6, 6.07) is 7.88. The molecule has 0 aromatic heterocycles. The minimum Gasteiger partial charge on any atom is -0.315 e. The third-order valence-electron chi connectivity index (χ3n) is 3.45. The highest BCUT2D eigenvalue weighted by atomic mass is 19.1. The molecule has 3 heteroatoms. The van der Waals surface area contributed by atoms with E-state index in [4.69, 9.17) is 0 Å². The van der Waals surface area contributed by atoms with E-state index >= 15 is 0 Å². The van der Waals surface area contributed by atoms with Gasteiger partial charge in [-0.2, -0.15) is 0 Å². The van der Waals surface area contributed by atoms with Gasteiger partial charge in [0.1, 0.15) is 5.82 Å². The largest absolute Gasteiger partial charge is 0.315 e. The van der Waals surface area contributed by atoms with E-state index in [1.807, 2.05) is 12.1 Å². The van der Waals surface area contributed by atoms with Gasteiger partial charge < -0.3 is 5.32 Å². The van der Waals surface area contributed by atoms with Crippen LogP contribution in [0, 0.1) is 5.82 Å². The lowest BCUT2D eigenvalue weighted by molar-refractivity contribution is 0.234. The molecule has 108 valence electrons. The maximum atomic E-state index is 12.8. The Balaban J connectivity index is 2.28. The summed E-state index contributed by atoms with van der Waals surface area (Å²) < 4.78 is 12.8. The molecular formula is C16H27FN2. The van der Waals surface area contributed by atoms with Gasteiger partial charge in [0, 0.05) is 18.6 Å². The minimum absolute atomic E-state index is 0.167. The molecule has 0 aliphatic rings. The number of hydrogen-bond acceptors (Lipinski definition) is 2. The zero-order valence-electron chi connectivity index (χ0n) is 12.6. The van der Waals surface area contributed by atoms with Gasteiger partial charge in [-0.3, -0.25) is 4.90 Å². The minimum atomic E-state index is -0.167. The number of benzene rings is 1. The summed E-state index contributed by atoms with van der Waals surface area (Å²) in [7, 11) is 2.13. The zero-order chi connectivity index (χ0) is 14.3. The Morgan fingerprint density at radius 3 is 2.37 bits per heavy atom. The molecule has 0 aliphatic carbocycles. The van der Waals surface area contributed by atoms with Crippen LogP contribution in [0.25, 0.3) is 0 Å². The van der Waals surface area contributed by atoms with Crippen LogP contribution in [0.2, 0.25) is 0 Å². The third kappa shape index (κ3) is 6.69. The third-order valence-corrected chi connectivity index (χ3v) is 3.45. The molecule has 0 fully saturated rings. The fourth-order valence-corrected chi connectivity index (χ4v) is 2.04. The van der Waals surface area contributed by atoms with Crippen molar-refractivity contribution in [2.45, 2.75) is 52.2 Å². The van der Waals surface area contributed by atoms with Gasteiger partial charge in [0.05, 0.1) is 0 Å². The van der Waals surface area contributed by atoms with Crippen LogP contribution in [0.1, 0.15) is 39.2 Å². The van der Waals surface area contributed by atoms with Gasteiger partial charge in [0.15, 0.2) is 0 Å². The molecule has 0 saturated heterocycles. The first-order valence-electron chi connectivity index (χ1n) is 7.17. The fourth-order valence-electron chi connectivity index (χ4n) is 2.04. The van der Waals surface area contributed by atoms with Gasteiger partial charge >= 0.3 is 0 Å². The van der Waals surface area contributed by atoms with Gasteiger partial charge in [0.2, 0.25) is 0 Å². The number of rotatable bonds is 8. The molecule has 1 rings (SSSR count). The summed E-state index contributed by atoms with van der Waals surface area (Å²) in [5, 5.41) is 3.44. The van der Waals surface area contributed by atoms with E-state index in [1.54, 1.807) is 0 Å². The van der Waals surface area contributed by atoms with Gasteiger partial charge in [-0.25, -0.2) is 4.39 Å². The van der Waals surface area contributed by atoms with Crippen LogP contribution in [0.15, 0.2) is 24.3 Å². The van der Waals surface area contributed by atoms with Crippen LogP contribution in [-0.2, 0) is 6.54 Å². The summed E-state index contributed by atoms with van der Waals surface area (Å²) in [5.74, 6) is -0.167. The van der Waals surface area contributed by atoms with Gasteiger partial charge in [-0.1, -0.05) is 26.0 Å². The zero-order valence-corrected chi connectivity index (χ0v) is 12.6. The molecule has 2 nitrogen and oxygen atoms in total. The quantitative estimate of drug-likeness (QED) is 0.725. The first-order valence-corrected chi connectivity index (χ1v) is 7.17. The average molecular weight is 266 g/mol. The summed E-state index contributed by atoms with van der Waals surface area (Å²) >= 11 is 0. The van der Waals surface area contributed by atoms with Gasteiger partial charge in [-0.15, -0.1) is 0 Å². The second-order valence-corrected chi connectivity index (χ2v) is 5.64. The Bertz CT molecular complexity index is 348. The highest BCUT2D eigenvalue weighted by Gasteiger charge is 2.09. The number of hydrogen-bond donors (Lipinski definition) is 1. The topological polar surface area (TPSA) is 15.3 Å². The maximum Gasteiger partial charge on any atom is 0.123 e. The van der Waals surface area contributed by atoms with E-state index in [-0.39, 0.29) is 5.82 Å². The first kappa shape index (κ1) is 16.1. The van der Waals surface area contributed by atoms with Crippen LogP contribution in [0.4, 0.5) is 4.39 Å². The Morgan fingerprint density at radius 2 is 1.79 bits per heavy atom. The highest BCUT2D eigenvalue weighted by Crippen LogP contribution is 2.10. The number of nitrogens with zero attached hydrogens (tertiary/aromatic N) is 1. The summed E-state index contributed by atoms with van der Waals surface area (Å²) in [5.41, 5.74) is 1.16. The molecule has 1 unspecified atom stereocenters. The van der Waals surface area contributed by atoms with Crippen molar-refractivity contribution in [2.24, 2.45) is 0 Å². The van der Waals surface area contributed by atoms with E-state index in [9.17, 15) is 4.39 Å². The molecule has 0 aliphatic heterocycles. The van der Waals surface area contributed by atoms with Crippen molar-refractivity contribution in [1.29, 1.82) is 0 Å².